The topological polar surface area (TPSA) is 295 Å². The normalized spacial score (nSPS) is 13.6. The summed E-state index contributed by atoms with van der Waals surface area (Å²) in [6, 6.07) is 28.8. The molecule has 43 heteroatoms. The van der Waals surface area contributed by atoms with Gasteiger partial charge in [0, 0.05) is 32.5 Å². The maximum Gasteiger partial charge on any atom is 0.388 e. The van der Waals surface area contributed by atoms with E-state index in [2.05, 4.69) is 43.9 Å². The molecule has 20 nitrogen and oxygen atoms in total. The summed E-state index contributed by atoms with van der Waals surface area (Å²) >= 11 is 0. The first kappa shape index (κ1) is 135. The quantitative estimate of drug-likeness (QED) is 0.0190. The Labute approximate surface area is 688 Å². The summed E-state index contributed by atoms with van der Waals surface area (Å²) in [5.41, 5.74) is 0. The van der Waals surface area contributed by atoms with Crippen molar-refractivity contribution >= 4 is 133 Å². The molecule has 2 unspecified atom stereocenters. The van der Waals surface area contributed by atoms with Crippen molar-refractivity contribution in [3.8, 4) is 0 Å². The lowest BCUT2D eigenvalue weighted by molar-refractivity contribution is -0.133. The molecule has 0 amide bonds. The van der Waals surface area contributed by atoms with E-state index in [4.69, 9.17) is 53.9 Å². The minimum atomic E-state index is -4.54. The largest absolute Gasteiger partial charge is 0.430 e. The third-order valence-electron chi connectivity index (χ3n) is 13.2. The summed E-state index contributed by atoms with van der Waals surface area (Å²) in [6.07, 6.45) is -16.0. The van der Waals surface area contributed by atoms with Gasteiger partial charge in [-0.25, -0.2) is 0 Å². The lowest BCUT2D eigenvalue weighted by Gasteiger charge is -2.35. The van der Waals surface area contributed by atoms with Crippen molar-refractivity contribution in [1.82, 2.24) is 0 Å². The minimum absolute atomic E-state index is 0. The SMILES string of the molecule is C.C.C.C.C.C.C.C.CCO[Si](C)(C)OCC.C[Si](C)(O)CO[Si](C)(CCC(F)(F)F)CO[Si](C)(C)O.C[Si](C)(O)CO[Si](C)(CO[Si](C)(C)O)c1ccccc1.C[Si](C)(O)CO[Si](CCC(F)(F)F)(CCC(F)(F)F)CO[Si](C)(C)O.C[Si](C)(O)CO[Si](CO[Si](C)(C)O)(c1ccccc1)c1ccccc1.C[Si](C)(O)O. The number of rotatable bonds is 37. The van der Waals surface area contributed by atoms with Gasteiger partial charge in [-0.2, -0.15) is 39.5 Å². The maximum absolute atomic E-state index is 12.6. The van der Waals surface area contributed by atoms with Gasteiger partial charge in [0.15, 0.2) is 0 Å². The first-order valence-corrected chi connectivity index (χ1v) is 74.0. The van der Waals surface area contributed by atoms with Crippen LogP contribution in [0.5, 0.6) is 0 Å². The zero-order chi connectivity index (χ0) is 82.2. The molecule has 10 N–H and O–H groups in total. The third-order valence-corrected chi connectivity index (χ3v) is 37.7. The Hall–Kier alpha value is -0.734. The monoisotopic (exact) mass is 1870 g/mol. The highest BCUT2D eigenvalue weighted by Crippen LogP contribution is 2.35. The molecule has 676 valence electrons. The van der Waals surface area contributed by atoms with Crippen molar-refractivity contribution in [1.29, 1.82) is 0 Å². The van der Waals surface area contributed by atoms with Gasteiger partial charge in [0.1, 0.15) is 0 Å². The lowest BCUT2D eigenvalue weighted by Crippen LogP contribution is -2.67. The third kappa shape index (κ3) is 80.3. The molecule has 0 radical (unpaired) electrons. The van der Waals surface area contributed by atoms with E-state index in [1.807, 2.05) is 107 Å². The van der Waals surface area contributed by atoms with E-state index in [0.29, 0.717) is 24.9 Å². The molecular formula is C69H161F9O20Si14. The Morgan fingerprint density at radius 3 is 0.812 bits per heavy atom. The van der Waals surface area contributed by atoms with Gasteiger partial charge in [0.2, 0.25) is 58.2 Å². The maximum atomic E-state index is 12.6. The summed E-state index contributed by atoms with van der Waals surface area (Å²) in [5, 5.41) is 3.28. The molecular weight excluding hydrogens is 1710 g/mol. The molecule has 0 fully saturated rings. The minimum Gasteiger partial charge on any atom is -0.430 e. The standard InChI is InChI=1S/C18H28O4Si3.C13H26O4Si3.C12H26F6O4Si3.C10H25F3O4Si3.C6H16O2Si.C2H8O2Si.8CH4/c1-23(2,19)15-22-25(16-21-24(3,4)20,17-11-7-5-8-12-17)18-13-9-6-10-14-18;1-18(2,14)11-17-20(5,12-16-19(3,4)15)13-9-7-6-8-10-13;1-23(2,19)9-22-25(7-5-11(13,14)15,8-6-12(16,17)18)10-21-24(3,4)20;1-18(2,14)8-17-20(5,7-6-10(11,12)13)9-16-19(3,4)15;1-5-7-9(3,4)8-6-2;1-5(2,3)4;;;;;;;;/h5-14,19-20H,15-16H2,1-4H3;6-10,14-15H,11-12H2,1-5H3;19-20H,5-10H2,1-4H3;14-15H,6-9H2,1-5H3;5-6H2,1-4H3;3-4H,1-2H3;8*1H4. The first-order valence-electron chi connectivity index (χ1n) is 34.2. The van der Waals surface area contributed by atoms with Gasteiger partial charge < -0.3 is 92.2 Å². The highest BCUT2D eigenvalue weighted by atomic mass is 28.4. The second-order valence-electron chi connectivity index (χ2n) is 31.2. The van der Waals surface area contributed by atoms with Crippen LogP contribution >= 0.6 is 0 Å². The molecule has 0 aliphatic carbocycles. The Morgan fingerprint density at radius 2 is 0.527 bits per heavy atom. The molecule has 3 aromatic carbocycles. The Kier molecular flexibility index (Phi) is 69.1. The number of alkyl halides is 9. The number of hydrogen-bond donors (Lipinski definition) is 10. The summed E-state index contributed by atoms with van der Waals surface area (Å²) < 4.78 is 170. The van der Waals surface area contributed by atoms with E-state index < -0.39 is 174 Å². The predicted octanol–water partition coefficient (Wildman–Crippen LogP) is 16.1. The smallest absolute Gasteiger partial charge is 0.388 e. The van der Waals surface area contributed by atoms with Crippen LogP contribution in [0.3, 0.4) is 0 Å². The molecule has 0 spiro atoms. The van der Waals surface area contributed by atoms with Crippen LogP contribution in [0.1, 0.15) is 92.5 Å². The highest BCUT2D eigenvalue weighted by Gasteiger charge is 2.47. The molecule has 0 aromatic heterocycles. The number of hydrogen-bond acceptors (Lipinski definition) is 20. The van der Waals surface area contributed by atoms with Crippen molar-refractivity contribution in [3.63, 3.8) is 0 Å². The summed E-state index contributed by atoms with van der Waals surface area (Å²) in [5.74, 6) is 0. The van der Waals surface area contributed by atoms with Crippen LogP contribution in [-0.4, -0.2) is 247 Å². The Morgan fingerprint density at radius 1 is 0.277 bits per heavy atom. The fraction of sp³-hybridized carbons (Fsp3) is 0.739. The van der Waals surface area contributed by atoms with Gasteiger partial charge in [-0.3, -0.25) is 0 Å². The summed E-state index contributed by atoms with van der Waals surface area (Å²) in [7, 11) is -37.0. The fourth-order valence-corrected chi connectivity index (χ4v) is 37.3. The molecule has 0 aliphatic heterocycles. The predicted molar refractivity (Wildman–Crippen MR) is 481 cm³/mol. The zero-order valence-corrected chi connectivity index (χ0v) is 79.9. The molecule has 0 aliphatic rings. The van der Waals surface area contributed by atoms with Gasteiger partial charge in [0.05, 0.1) is 49.8 Å². The lowest BCUT2D eigenvalue weighted by atomic mass is 10.4. The molecule has 0 bridgehead atoms. The van der Waals surface area contributed by atoms with Crippen molar-refractivity contribution in [3.05, 3.63) is 91.0 Å². The second kappa shape index (κ2) is 57.5. The van der Waals surface area contributed by atoms with Crippen LogP contribution in [0.4, 0.5) is 39.5 Å². The van der Waals surface area contributed by atoms with Crippen LogP contribution in [0.2, 0.25) is 162 Å². The van der Waals surface area contributed by atoms with E-state index in [1.165, 1.54) is 39.3 Å². The van der Waals surface area contributed by atoms with Gasteiger partial charge in [-0.1, -0.05) is 150 Å². The van der Waals surface area contributed by atoms with Crippen LogP contribution in [0.15, 0.2) is 91.0 Å². The molecule has 0 heterocycles. The number of benzene rings is 3. The van der Waals surface area contributed by atoms with Crippen molar-refractivity contribution in [2.24, 2.45) is 0 Å². The Bertz CT molecular complexity index is 2520. The molecule has 112 heavy (non-hydrogen) atoms. The number of halogens is 9. The van der Waals surface area contributed by atoms with Crippen LogP contribution < -0.4 is 15.6 Å². The Balaban J connectivity index is -0.000000125. The van der Waals surface area contributed by atoms with Crippen LogP contribution in [-0.2, 0) is 44.3 Å². The zero-order valence-electron chi connectivity index (χ0n) is 65.9. The van der Waals surface area contributed by atoms with E-state index in [1.54, 1.807) is 58.9 Å². The van der Waals surface area contributed by atoms with Crippen molar-refractivity contribution in [2.75, 3.05) is 63.1 Å². The van der Waals surface area contributed by atoms with Gasteiger partial charge >= 0.3 is 69.9 Å². The summed E-state index contributed by atoms with van der Waals surface area (Å²) in [6.45, 7) is 42.8. The van der Waals surface area contributed by atoms with E-state index in [-0.39, 0.29) is 84.1 Å². The van der Waals surface area contributed by atoms with E-state index in [9.17, 15) is 77.9 Å². The van der Waals surface area contributed by atoms with E-state index >= 15 is 0 Å². The van der Waals surface area contributed by atoms with Gasteiger partial charge in [-0.15, -0.1) is 0 Å². The highest BCUT2D eigenvalue weighted by molar-refractivity contribution is 6.98. The van der Waals surface area contributed by atoms with Gasteiger partial charge in [-0.05, 0) is 192 Å². The second-order valence-corrected chi connectivity index (χ2v) is 80.9. The molecule has 3 aromatic rings. The molecule has 0 saturated heterocycles. The van der Waals surface area contributed by atoms with Crippen LogP contribution in [0, 0.1) is 0 Å². The summed E-state index contributed by atoms with van der Waals surface area (Å²) in [4.78, 5) is 96.0. The fourth-order valence-electron chi connectivity index (χ4n) is 8.03. The van der Waals surface area contributed by atoms with Crippen LogP contribution in [0.25, 0.3) is 0 Å². The van der Waals surface area contributed by atoms with E-state index in [0.717, 1.165) is 28.8 Å². The molecule has 2 atom stereocenters. The molecule has 0 saturated carbocycles. The first-order chi connectivity index (χ1) is 46.2. The van der Waals surface area contributed by atoms with Gasteiger partial charge in [0.25, 0.3) is 8.32 Å². The molecule has 3 rings (SSSR count). The van der Waals surface area contributed by atoms with Crippen molar-refractivity contribution < 1.29 is 132 Å². The van der Waals surface area contributed by atoms with Crippen molar-refractivity contribution in [2.45, 2.75) is 273 Å². The average molecular weight is 1880 g/mol. The average Bonchev–Trinajstić information content (AvgIpc) is 0.777.